The zero-order valence-electron chi connectivity index (χ0n) is 15.5. The summed E-state index contributed by atoms with van der Waals surface area (Å²) in [6.07, 6.45) is 3.05. The fourth-order valence-corrected chi connectivity index (χ4v) is 4.20. The van der Waals surface area contributed by atoms with Gasteiger partial charge in [0.1, 0.15) is 6.04 Å². The summed E-state index contributed by atoms with van der Waals surface area (Å²) >= 11 is 0. The Morgan fingerprint density at radius 1 is 1.30 bits per heavy atom. The lowest BCUT2D eigenvalue weighted by atomic mass is 10.0. The molecule has 0 aromatic carbocycles. The molecule has 3 fully saturated rings. The minimum Gasteiger partial charge on any atom is -0.724 e. The maximum atomic E-state index is 12.4. The molecule has 4 rings (SSSR count). The third-order valence-electron chi connectivity index (χ3n) is 5.14. The number of amides is 2. The number of rotatable bonds is 6. The number of hydroxylamine groups is 2. The molecule has 12 nitrogen and oxygen atoms in total. The first-order chi connectivity index (χ1) is 12.9. The van der Waals surface area contributed by atoms with Crippen molar-refractivity contribution in [3.63, 3.8) is 0 Å². The van der Waals surface area contributed by atoms with E-state index in [1.807, 2.05) is 0 Å². The van der Waals surface area contributed by atoms with Crippen molar-refractivity contribution in [2.45, 2.75) is 50.4 Å². The van der Waals surface area contributed by atoms with Gasteiger partial charge < -0.3 is 24.5 Å². The summed E-state index contributed by atoms with van der Waals surface area (Å²) in [5, 5.41) is 15.4. The number of hydrogen-bond acceptors (Lipinski definition) is 10. The van der Waals surface area contributed by atoms with Gasteiger partial charge in [-0.1, -0.05) is 0 Å². The van der Waals surface area contributed by atoms with E-state index in [0.29, 0.717) is 42.3 Å². The molecule has 3 aliphatic rings. The van der Waals surface area contributed by atoms with E-state index in [1.165, 1.54) is 4.90 Å². The summed E-state index contributed by atoms with van der Waals surface area (Å²) in [6.45, 7) is 2.64. The van der Waals surface area contributed by atoms with Gasteiger partial charge in [0, 0.05) is 12.6 Å². The summed E-state index contributed by atoms with van der Waals surface area (Å²) in [6, 6.07) is -1.23. The van der Waals surface area contributed by atoms with Crippen molar-refractivity contribution < 1.29 is 27.9 Å². The van der Waals surface area contributed by atoms with Crippen LogP contribution in [0.5, 0.6) is 0 Å². The summed E-state index contributed by atoms with van der Waals surface area (Å²) in [5.74, 6) is 0.739. The van der Waals surface area contributed by atoms with Crippen LogP contribution < -0.4 is 10.6 Å². The maximum Gasteiger partial charge on any atom is 1.00 e. The van der Waals surface area contributed by atoms with Crippen molar-refractivity contribution in [3.05, 3.63) is 11.8 Å². The monoisotopic (exact) mass is 402 g/mol. The molecule has 0 radical (unpaired) electrons. The van der Waals surface area contributed by atoms with Gasteiger partial charge in [-0.15, -0.1) is 10.2 Å². The van der Waals surface area contributed by atoms with Crippen LogP contribution in [0.15, 0.2) is 4.42 Å². The van der Waals surface area contributed by atoms with Crippen LogP contribution in [0.1, 0.15) is 44.9 Å². The Morgan fingerprint density at radius 2 is 2.07 bits per heavy atom. The summed E-state index contributed by atoms with van der Waals surface area (Å²) in [4.78, 5) is 13.8. The highest BCUT2D eigenvalue weighted by Gasteiger charge is 2.48. The lowest BCUT2D eigenvalue weighted by Crippen LogP contribution is -2.39. The van der Waals surface area contributed by atoms with E-state index >= 15 is 0 Å². The molecule has 3 aliphatic heterocycles. The molecule has 0 spiro atoms. The standard InChI is InChI=1S/C14H22N6O6S/c21-14-19-8-10(20(14)26-27(22,23)24)1-2-11(19)13-18-17-12(25-13)7-16-9-3-5-15-6-4-9/h9-11,15-16H,1-8H2,(H,22,23,24)/t10-,11+/m1/s1. The van der Waals surface area contributed by atoms with Gasteiger partial charge in [-0.05, 0) is 38.8 Å². The number of nitrogens with zero attached hydrogens (tertiary/aromatic N) is 4. The first kappa shape index (κ1) is 18.6. The van der Waals surface area contributed by atoms with Crippen LogP contribution in [0, 0.1) is 0 Å². The Labute approximate surface area is 157 Å². The summed E-state index contributed by atoms with van der Waals surface area (Å²) in [5.41, 5.74) is 0. The molecule has 150 valence electrons. The molecule has 2 bridgehead atoms. The molecule has 2 amide bonds. The van der Waals surface area contributed by atoms with Gasteiger partial charge in [0.05, 0.1) is 12.6 Å². The van der Waals surface area contributed by atoms with E-state index in [0.717, 1.165) is 25.9 Å². The molecule has 13 heteroatoms. The van der Waals surface area contributed by atoms with Crippen molar-refractivity contribution in [2.24, 2.45) is 0 Å². The number of aromatic nitrogens is 2. The highest BCUT2D eigenvalue weighted by atomic mass is 32.3. The van der Waals surface area contributed by atoms with Gasteiger partial charge in [-0.3, -0.25) is 0 Å². The van der Waals surface area contributed by atoms with Crippen LogP contribution in [0.2, 0.25) is 0 Å². The fraction of sp³-hybridized carbons (Fsp3) is 0.786. The van der Waals surface area contributed by atoms with Gasteiger partial charge >= 0.3 is 7.46 Å². The number of carbonyl (C=O) groups excluding carboxylic acids is 1. The van der Waals surface area contributed by atoms with E-state index in [2.05, 4.69) is 25.1 Å². The normalized spacial score (nSPS) is 26.8. The van der Waals surface area contributed by atoms with Crippen LogP contribution in [0.25, 0.3) is 0 Å². The zero-order valence-corrected chi connectivity index (χ0v) is 15.4. The smallest absolute Gasteiger partial charge is 0.724 e. The molecule has 1 aromatic heterocycles. The van der Waals surface area contributed by atoms with Gasteiger partial charge in [0.15, 0.2) is 0 Å². The summed E-state index contributed by atoms with van der Waals surface area (Å²) in [7, 11) is -5.01. The van der Waals surface area contributed by atoms with Crippen LogP contribution in [0.3, 0.4) is 0 Å². The lowest BCUT2D eigenvalue weighted by Gasteiger charge is -2.27. The molecule has 0 saturated carbocycles. The lowest BCUT2D eigenvalue weighted by molar-refractivity contribution is -0.0328. The third-order valence-corrected chi connectivity index (χ3v) is 5.49. The second-order valence-corrected chi connectivity index (χ2v) is 7.90. The number of urea groups is 1. The zero-order chi connectivity index (χ0) is 19.0. The highest BCUT2D eigenvalue weighted by molar-refractivity contribution is 7.80. The second kappa shape index (κ2) is 7.31. The molecule has 0 aliphatic carbocycles. The number of piperidine rings is 2. The predicted octanol–water partition coefficient (Wildman–Crippen LogP) is -0.643. The van der Waals surface area contributed by atoms with Crippen LogP contribution in [0.4, 0.5) is 4.79 Å². The minimum atomic E-state index is -5.01. The van der Waals surface area contributed by atoms with Crippen molar-refractivity contribution in [2.75, 3.05) is 19.6 Å². The Balaban J connectivity index is 0.00000225. The van der Waals surface area contributed by atoms with Crippen molar-refractivity contribution >= 4 is 16.4 Å². The van der Waals surface area contributed by atoms with Crippen LogP contribution in [-0.2, 0) is 21.2 Å². The predicted molar refractivity (Wildman–Crippen MR) is 88.6 cm³/mol. The number of nitrogens with one attached hydrogen (secondary N) is 2. The van der Waals surface area contributed by atoms with E-state index in [9.17, 15) is 17.8 Å². The van der Waals surface area contributed by atoms with E-state index in [-0.39, 0.29) is 7.97 Å². The van der Waals surface area contributed by atoms with Crippen LogP contribution in [-0.4, -0.2) is 70.9 Å². The largest absolute Gasteiger partial charge is 1.00 e. The van der Waals surface area contributed by atoms with E-state index < -0.39 is 28.5 Å². The van der Waals surface area contributed by atoms with Gasteiger partial charge in [-0.2, -0.15) is 9.35 Å². The Morgan fingerprint density at radius 3 is 2.81 bits per heavy atom. The average molecular weight is 402 g/mol. The second-order valence-electron chi connectivity index (χ2n) is 6.93. The molecule has 4 heterocycles. The topological polar surface area (TPSA) is 153 Å². The van der Waals surface area contributed by atoms with Crippen molar-refractivity contribution in [3.8, 4) is 0 Å². The van der Waals surface area contributed by atoms with Gasteiger partial charge in [-0.25, -0.2) is 13.2 Å². The number of fused-ring (bicyclic) bond motifs is 2. The molecule has 3 saturated heterocycles. The molecular weight excluding hydrogens is 380 g/mol. The van der Waals surface area contributed by atoms with E-state index in [4.69, 9.17) is 4.42 Å². The maximum absolute atomic E-state index is 12.4. The molecule has 2 N–H and O–H groups in total. The van der Waals surface area contributed by atoms with Crippen molar-refractivity contribution in [1.29, 1.82) is 0 Å². The SMILES string of the molecule is O=C1N2C[C@@H](CC[C@H]2c2nnc(CNC3CCNCC3)o2)N1OS(=O)(=O)[O-].[H+]. The fourth-order valence-electron chi connectivity index (χ4n) is 3.82. The van der Waals surface area contributed by atoms with E-state index in [1.54, 1.807) is 0 Å². The molecule has 27 heavy (non-hydrogen) atoms. The molecule has 0 unspecified atom stereocenters. The highest BCUT2D eigenvalue weighted by Crippen LogP contribution is 2.38. The molecule has 2 atom stereocenters. The third kappa shape index (κ3) is 4.06. The van der Waals surface area contributed by atoms with Gasteiger partial charge in [0.25, 0.3) is 0 Å². The number of carbonyl (C=O) groups is 1. The van der Waals surface area contributed by atoms with Crippen LogP contribution >= 0.6 is 0 Å². The molecule has 1 aromatic rings. The Hall–Kier alpha value is -1.80. The first-order valence-corrected chi connectivity index (χ1v) is 10.3. The quantitative estimate of drug-likeness (QED) is 0.464. The van der Waals surface area contributed by atoms with Crippen molar-refractivity contribution in [1.82, 2.24) is 30.8 Å². The first-order valence-electron chi connectivity index (χ1n) is 8.92. The Bertz CT molecular complexity index is 800. The minimum absolute atomic E-state index is 0. The average Bonchev–Trinajstić information content (AvgIpc) is 3.20. The van der Waals surface area contributed by atoms with Gasteiger partial charge in [0.2, 0.25) is 22.2 Å². The molecular formula is C14H22N6O6S. The Kier molecular flexibility index (Phi) is 5.03. The summed E-state index contributed by atoms with van der Waals surface area (Å²) < 4.78 is 42.5. The number of hydrogen-bond donors (Lipinski definition) is 2.